The van der Waals surface area contributed by atoms with Crippen molar-refractivity contribution in [3.8, 4) is 0 Å². The molecule has 35 heavy (non-hydrogen) atoms. The van der Waals surface area contributed by atoms with Crippen molar-refractivity contribution in [1.29, 1.82) is 0 Å². The summed E-state index contributed by atoms with van der Waals surface area (Å²) in [5.41, 5.74) is 0.938. The standard InChI is InChI=1S/C24H30Cl3N3O4S/c1-15-11-18(25)9-10-21(15)30(35(6,33)34)14-22(31)29(16(2)23(32)28-24(3,4)5)13-17-7-8-19(26)12-20(17)27/h7-12,16H,13-14H2,1-6H3,(H,28,32). The highest BCUT2D eigenvalue weighted by Gasteiger charge is 2.32. The summed E-state index contributed by atoms with van der Waals surface area (Å²) < 4.78 is 26.4. The highest BCUT2D eigenvalue weighted by molar-refractivity contribution is 7.92. The molecule has 0 saturated carbocycles. The van der Waals surface area contributed by atoms with Gasteiger partial charge in [-0.05, 0) is 76.1 Å². The fraction of sp³-hybridized carbons (Fsp3) is 0.417. The molecule has 2 amide bonds. The summed E-state index contributed by atoms with van der Waals surface area (Å²) in [6, 6.07) is 8.63. The minimum atomic E-state index is -3.84. The Morgan fingerprint density at radius 3 is 2.11 bits per heavy atom. The van der Waals surface area contributed by atoms with Gasteiger partial charge in [-0.3, -0.25) is 13.9 Å². The Labute approximate surface area is 222 Å². The van der Waals surface area contributed by atoms with Crippen LogP contribution in [0.1, 0.15) is 38.8 Å². The molecule has 0 saturated heterocycles. The van der Waals surface area contributed by atoms with Crippen molar-refractivity contribution >= 4 is 62.3 Å². The van der Waals surface area contributed by atoms with Crippen LogP contribution >= 0.6 is 34.8 Å². The average Bonchev–Trinajstić information content (AvgIpc) is 2.69. The van der Waals surface area contributed by atoms with Gasteiger partial charge in [0.1, 0.15) is 12.6 Å². The average molecular weight is 563 g/mol. The van der Waals surface area contributed by atoms with E-state index in [1.807, 2.05) is 20.8 Å². The summed E-state index contributed by atoms with van der Waals surface area (Å²) in [5.74, 6) is -0.961. The SMILES string of the molecule is Cc1cc(Cl)ccc1N(CC(=O)N(Cc1ccc(Cl)cc1Cl)C(C)C(=O)NC(C)(C)C)S(C)(=O)=O. The number of nitrogens with zero attached hydrogens (tertiary/aromatic N) is 2. The van der Waals surface area contributed by atoms with E-state index in [9.17, 15) is 18.0 Å². The molecule has 0 aromatic heterocycles. The third-order valence-electron chi connectivity index (χ3n) is 5.13. The van der Waals surface area contributed by atoms with Crippen molar-refractivity contribution in [1.82, 2.24) is 10.2 Å². The molecule has 0 aliphatic rings. The lowest BCUT2D eigenvalue weighted by Crippen LogP contribution is -2.54. The lowest BCUT2D eigenvalue weighted by atomic mass is 10.1. The van der Waals surface area contributed by atoms with Gasteiger partial charge in [-0.2, -0.15) is 0 Å². The maximum Gasteiger partial charge on any atom is 0.244 e. The molecule has 11 heteroatoms. The van der Waals surface area contributed by atoms with E-state index in [2.05, 4.69) is 5.32 Å². The zero-order valence-corrected chi connectivity index (χ0v) is 23.6. The predicted molar refractivity (Wildman–Crippen MR) is 143 cm³/mol. The third-order valence-corrected chi connectivity index (χ3v) is 7.08. The van der Waals surface area contributed by atoms with Gasteiger partial charge in [0.2, 0.25) is 21.8 Å². The number of hydrogen-bond donors (Lipinski definition) is 1. The van der Waals surface area contributed by atoms with Gasteiger partial charge in [-0.25, -0.2) is 8.42 Å². The van der Waals surface area contributed by atoms with Crippen LogP contribution < -0.4 is 9.62 Å². The molecular formula is C24H30Cl3N3O4S. The summed E-state index contributed by atoms with van der Waals surface area (Å²) in [7, 11) is -3.84. The fourth-order valence-corrected chi connectivity index (χ4v) is 4.99. The van der Waals surface area contributed by atoms with E-state index in [0.717, 1.165) is 10.6 Å². The summed E-state index contributed by atoms with van der Waals surface area (Å²) in [4.78, 5) is 27.9. The van der Waals surface area contributed by atoms with Gasteiger partial charge >= 0.3 is 0 Å². The largest absolute Gasteiger partial charge is 0.350 e. The van der Waals surface area contributed by atoms with Crippen LogP contribution in [0.25, 0.3) is 0 Å². The molecule has 7 nitrogen and oxygen atoms in total. The Morgan fingerprint density at radius 2 is 1.60 bits per heavy atom. The van der Waals surface area contributed by atoms with Crippen LogP contribution in [0.2, 0.25) is 15.1 Å². The first-order valence-electron chi connectivity index (χ1n) is 10.8. The highest BCUT2D eigenvalue weighted by atomic mass is 35.5. The molecule has 192 valence electrons. The zero-order valence-electron chi connectivity index (χ0n) is 20.5. The molecular weight excluding hydrogens is 533 g/mol. The molecule has 0 spiro atoms. The van der Waals surface area contributed by atoms with Gasteiger partial charge < -0.3 is 10.2 Å². The molecule has 0 bridgehead atoms. The molecule has 1 unspecified atom stereocenters. The first kappa shape index (κ1) is 29.2. The lowest BCUT2D eigenvalue weighted by molar-refractivity contribution is -0.140. The predicted octanol–water partition coefficient (Wildman–Crippen LogP) is 5.05. The number of halogens is 3. The Kier molecular flexibility index (Phi) is 9.50. The van der Waals surface area contributed by atoms with Gasteiger partial charge in [-0.1, -0.05) is 40.9 Å². The van der Waals surface area contributed by atoms with Crippen LogP contribution in [0.15, 0.2) is 36.4 Å². The van der Waals surface area contributed by atoms with Crippen molar-refractivity contribution < 1.29 is 18.0 Å². The molecule has 0 heterocycles. The topological polar surface area (TPSA) is 86.8 Å². The van der Waals surface area contributed by atoms with Crippen LogP contribution in [0, 0.1) is 6.92 Å². The smallest absolute Gasteiger partial charge is 0.244 e. The van der Waals surface area contributed by atoms with Gasteiger partial charge in [0.15, 0.2) is 0 Å². The number of carbonyl (C=O) groups excluding carboxylic acids is 2. The van der Waals surface area contributed by atoms with Crippen molar-refractivity contribution in [2.24, 2.45) is 0 Å². The normalized spacial score (nSPS) is 12.7. The van der Waals surface area contributed by atoms with Gasteiger partial charge in [0.05, 0.1) is 11.9 Å². The van der Waals surface area contributed by atoms with Crippen LogP contribution in [0.4, 0.5) is 5.69 Å². The van der Waals surface area contributed by atoms with Gasteiger partial charge in [0, 0.05) is 27.2 Å². The van der Waals surface area contributed by atoms with Crippen LogP contribution in [-0.2, 0) is 26.2 Å². The molecule has 0 fully saturated rings. The van der Waals surface area contributed by atoms with Crippen LogP contribution in [-0.4, -0.2) is 49.5 Å². The molecule has 2 rings (SSSR count). The maximum absolute atomic E-state index is 13.6. The van der Waals surface area contributed by atoms with E-state index in [1.54, 1.807) is 50.2 Å². The Bertz CT molecular complexity index is 1210. The van der Waals surface area contributed by atoms with Crippen LogP contribution in [0.5, 0.6) is 0 Å². The second-order valence-electron chi connectivity index (χ2n) is 9.37. The molecule has 0 aliphatic carbocycles. The number of carbonyl (C=O) groups is 2. The monoisotopic (exact) mass is 561 g/mol. The quantitative estimate of drug-likeness (QED) is 0.488. The number of aryl methyl sites for hydroxylation is 1. The van der Waals surface area contributed by atoms with Crippen molar-refractivity contribution in [3.05, 3.63) is 62.6 Å². The molecule has 0 aliphatic heterocycles. The number of benzene rings is 2. The number of amides is 2. The first-order chi connectivity index (χ1) is 16.0. The third kappa shape index (κ3) is 8.27. The number of rotatable bonds is 8. The molecule has 2 aromatic carbocycles. The Balaban J connectivity index is 2.47. The molecule has 1 N–H and O–H groups in total. The zero-order chi connectivity index (χ0) is 26.7. The van der Waals surface area contributed by atoms with E-state index >= 15 is 0 Å². The minimum Gasteiger partial charge on any atom is -0.350 e. The summed E-state index contributed by atoms with van der Waals surface area (Å²) in [5, 5.41) is 4.06. The molecule has 1 atom stereocenters. The van der Waals surface area contributed by atoms with Crippen LogP contribution in [0.3, 0.4) is 0 Å². The number of nitrogens with one attached hydrogen (secondary N) is 1. The second kappa shape index (κ2) is 11.4. The number of anilines is 1. The van der Waals surface area contributed by atoms with Crippen molar-refractivity contribution in [2.75, 3.05) is 17.1 Å². The highest BCUT2D eigenvalue weighted by Crippen LogP contribution is 2.27. The fourth-order valence-electron chi connectivity index (χ4n) is 3.38. The lowest BCUT2D eigenvalue weighted by Gasteiger charge is -2.33. The molecule has 2 aromatic rings. The van der Waals surface area contributed by atoms with E-state index < -0.39 is 34.1 Å². The summed E-state index contributed by atoms with van der Waals surface area (Å²) >= 11 is 18.4. The second-order valence-corrected chi connectivity index (χ2v) is 12.6. The van der Waals surface area contributed by atoms with Gasteiger partial charge in [-0.15, -0.1) is 0 Å². The van der Waals surface area contributed by atoms with E-state index in [0.29, 0.717) is 31.9 Å². The summed E-state index contributed by atoms with van der Waals surface area (Å²) in [6.07, 6.45) is 1.02. The maximum atomic E-state index is 13.6. The number of sulfonamides is 1. The summed E-state index contributed by atoms with van der Waals surface area (Å²) in [6.45, 7) is 8.23. The first-order valence-corrected chi connectivity index (χ1v) is 13.8. The Hall–Kier alpha value is -2.00. The van der Waals surface area contributed by atoms with E-state index in [1.165, 1.54) is 4.90 Å². The van der Waals surface area contributed by atoms with Gasteiger partial charge in [0.25, 0.3) is 0 Å². The van der Waals surface area contributed by atoms with E-state index in [-0.39, 0.29) is 12.5 Å². The molecule has 0 radical (unpaired) electrons. The number of hydrogen-bond acceptors (Lipinski definition) is 4. The Morgan fingerprint density at radius 1 is 1.03 bits per heavy atom. The van der Waals surface area contributed by atoms with Crippen molar-refractivity contribution in [2.45, 2.75) is 52.7 Å². The van der Waals surface area contributed by atoms with E-state index in [4.69, 9.17) is 34.8 Å². The minimum absolute atomic E-state index is 0.0230. The van der Waals surface area contributed by atoms with Crippen molar-refractivity contribution in [3.63, 3.8) is 0 Å².